The summed E-state index contributed by atoms with van der Waals surface area (Å²) in [6.07, 6.45) is 10.1. The monoisotopic (exact) mass is 679 g/mol. The van der Waals surface area contributed by atoms with Gasteiger partial charge in [0.1, 0.15) is 17.7 Å². The van der Waals surface area contributed by atoms with Crippen LogP contribution < -0.4 is 14.4 Å². The number of carbonyl (C=O) groups is 1. The minimum atomic E-state index is -4.00. The van der Waals surface area contributed by atoms with Gasteiger partial charge in [-0.3, -0.25) is 9.48 Å². The Kier molecular flexibility index (Phi) is 8.16. The van der Waals surface area contributed by atoms with E-state index in [1.165, 1.54) is 17.5 Å². The van der Waals surface area contributed by atoms with Crippen LogP contribution in [0.4, 0.5) is 5.69 Å². The number of allylic oxidation sites excluding steroid dienone is 1. The number of benzene rings is 2. The van der Waals surface area contributed by atoms with Crippen LogP contribution >= 0.6 is 11.6 Å². The van der Waals surface area contributed by atoms with E-state index < -0.39 is 26.8 Å². The average Bonchev–Trinajstić information content (AvgIpc) is 3.40. The summed E-state index contributed by atoms with van der Waals surface area (Å²) in [5, 5.41) is 16.6. The minimum Gasteiger partial charge on any atom is -0.490 e. The third kappa shape index (κ3) is 5.64. The summed E-state index contributed by atoms with van der Waals surface area (Å²) in [5.41, 5.74) is 1.72. The van der Waals surface area contributed by atoms with Crippen LogP contribution in [-0.2, 0) is 34.5 Å². The quantitative estimate of drug-likeness (QED) is 0.348. The molecule has 2 aliphatic carbocycles. The third-order valence-corrected chi connectivity index (χ3v) is 13.4. The molecule has 0 radical (unpaired) electrons. The molecule has 4 aliphatic rings. The number of ether oxygens (including phenoxy) is 1. The summed E-state index contributed by atoms with van der Waals surface area (Å²) in [7, 11) is -2.22. The number of sulfonamides is 1. The van der Waals surface area contributed by atoms with Crippen molar-refractivity contribution in [3.05, 3.63) is 82.4 Å². The summed E-state index contributed by atoms with van der Waals surface area (Å²) in [4.78, 5) is 20.3. The number of hydrogen-bond donors (Lipinski definition) is 2. The van der Waals surface area contributed by atoms with Crippen molar-refractivity contribution >= 4 is 33.2 Å². The van der Waals surface area contributed by atoms with Crippen molar-refractivity contribution in [2.75, 3.05) is 24.6 Å². The van der Waals surface area contributed by atoms with E-state index in [4.69, 9.17) is 16.3 Å². The van der Waals surface area contributed by atoms with Crippen LogP contribution in [0.1, 0.15) is 73.3 Å². The zero-order chi connectivity index (χ0) is 33.1. The zero-order valence-electron chi connectivity index (χ0n) is 27.0. The molecule has 1 saturated carbocycles. The van der Waals surface area contributed by atoms with E-state index in [1.54, 1.807) is 42.9 Å². The first-order valence-corrected chi connectivity index (χ1v) is 18.4. The fourth-order valence-electron chi connectivity index (χ4n) is 8.17. The molecule has 7 rings (SSSR count). The van der Waals surface area contributed by atoms with Crippen LogP contribution in [-0.4, -0.2) is 59.1 Å². The number of aryl methyl sites for hydroxylation is 2. The van der Waals surface area contributed by atoms with Gasteiger partial charge < -0.3 is 14.7 Å². The second-order valence-corrected chi connectivity index (χ2v) is 16.5. The topological polar surface area (TPSA) is 127 Å². The second-order valence-electron chi connectivity index (χ2n) is 14.1. The highest BCUT2D eigenvalue weighted by Gasteiger charge is 2.50. The molecule has 2 bridgehead atoms. The molecular formula is C35H42ClN5O5S. The number of aromatic nitrogens is 3. The minimum absolute atomic E-state index is 0.0970. The lowest BCUT2D eigenvalue weighted by Gasteiger charge is -2.48. The average molecular weight is 680 g/mol. The van der Waals surface area contributed by atoms with Crippen LogP contribution in [0, 0.1) is 17.8 Å². The van der Waals surface area contributed by atoms with Crippen molar-refractivity contribution in [2.45, 2.75) is 68.6 Å². The summed E-state index contributed by atoms with van der Waals surface area (Å²) >= 11 is 6.43. The van der Waals surface area contributed by atoms with E-state index in [2.05, 4.69) is 31.8 Å². The molecule has 12 heteroatoms. The number of aliphatic hydroxyl groups is 1. The Morgan fingerprint density at radius 2 is 1.98 bits per heavy atom. The number of rotatable bonds is 1. The van der Waals surface area contributed by atoms with Gasteiger partial charge in [0, 0.05) is 42.1 Å². The maximum absolute atomic E-state index is 13.5. The lowest BCUT2D eigenvalue weighted by molar-refractivity contribution is -0.0582. The number of halogens is 1. The molecule has 2 N–H and O–H groups in total. The van der Waals surface area contributed by atoms with Crippen LogP contribution in [0.5, 0.6) is 5.75 Å². The maximum Gasteiger partial charge on any atom is 0.264 e. The largest absolute Gasteiger partial charge is 0.490 e. The zero-order valence-corrected chi connectivity index (χ0v) is 28.6. The Morgan fingerprint density at radius 3 is 2.72 bits per heavy atom. The predicted octanol–water partition coefficient (Wildman–Crippen LogP) is 4.90. The van der Waals surface area contributed by atoms with E-state index in [1.807, 2.05) is 19.1 Å². The summed E-state index contributed by atoms with van der Waals surface area (Å²) in [6, 6.07) is 11.3. The number of nitrogens with one attached hydrogen (secondary N) is 1. The molecule has 3 heterocycles. The van der Waals surface area contributed by atoms with Gasteiger partial charge in [-0.15, -0.1) is 0 Å². The first kappa shape index (κ1) is 32.2. The number of hydrogen-bond acceptors (Lipinski definition) is 8. The molecule has 2 aliphatic heterocycles. The molecule has 0 unspecified atom stereocenters. The van der Waals surface area contributed by atoms with Crippen molar-refractivity contribution in [3.63, 3.8) is 0 Å². The van der Waals surface area contributed by atoms with Crippen molar-refractivity contribution in [2.24, 2.45) is 24.8 Å². The SMILES string of the molecule is C[C@@H]1[C@@H](C)C/C=C\[C@](O)(c2ncnn2C)[C@@H]2CC[C@H]2CN2C[C@@]3(CCCc4cc(Cl)ccc43)COc3ccc(cc32)C(=O)NS1(=O)=O. The molecule has 250 valence electrons. The van der Waals surface area contributed by atoms with Gasteiger partial charge in [-0.2, -0.15) is 5.10 Å². The third-order valence-electron chi connectivity index (χ3n) is 11.2. The standard InChI is InChI=1S/C35H42ClN5O5S/c1-22-6-4-15-35(43,33-37-21-38-40(33)3)29-11-8-26(29)18-41-19-34(14-5-7-24-16-27(36)10-12-28(24)34)20-46-31-13-9-25(17-30(31)41)32(42)39-47(44,45)23(22)2/h4,9-10,12-13,15-17,21-23,26,29,43H,5-8,11,14,18-20H2,1-3H3,(H,39,42)/b15-4-/t22-,23+,26-,29+,34-,35+/m0/s1. The highest BCUT2D eigenvalue weighted by molar-refractivity contribution is 7.90. The lowest BCUT2D eigenvalue weighted by atomic mass is 9.63. The smallest absolute Gasteiger partial charge is 0.264 e. The van der Waals surface area contributed by atoms with Gasteiger partial charge in [0.05, 0.1) is 17.5 Å². The first-order valence-electron chi connectivity index (χ1n) is 16.5. The van der Waals surface area contributed by atoms with E-state index in [0.717, 1.165) is 37.8 Å². The summed E-state index contributed by atoms with van der Waals surface area (Å²) < 4.78 is 37.3. The molecule has 2 aromatic carbocycles. The molecule has 47 heavy (non-hydrogen) atoms. The molecule has 1 spiro atoms. The van der Waals surface area contributed by atoms with E-state index in [9.17, 15) is 18.3 Å². The fraction of sp³-hybridized carbons (Fsp3) is 0.514. The molecule has 10 nitrogen and oxygen atoms in total. The first-order chi connectivity index (χ1) is 22.4. The van der Waals surface area contributed by atoms with Crippen LogP contribution in [0.3, 0.4) is 0 Å². The Balaban J connectivity index is 1.35. The van der Waals surface area contributed by atoms with Gasteiger partial charge in [-0.1, -0.05) is 30.7 Å². The van der Waals surface area contributed by atoms with Crippen molar-refractivity contribution in [1.82, 2.24) is 19.5 Å². The predicted molar refractivity (Wildman–Crippen MR) is 180 cm³/mol. The Hall–Kier alpha value is -3.41. The summed E-state index contributed by atoms with van der Waals surface area (Å²) in [6.45, 7) is 5.14. The number of nitrogens with zero attached hydrogens (tertiary/aromatic N) is 4. The van der Waals surface area contributed by atoms with Crippen molar-refractivity contribution in [3.8, 4) is 5.75 Å². The van der Waals surface area contributed by atoms with Gasteiger partial charge in [0.15, 0.2) is 5.82 Å². The van der Waals surface area contributed by atoms with Crippen LogP contribution in [0.2, 0.25) is 5.02 Å². The normalized spacial score (nSPS) is 32.6. The van der Waals surface area contributed by atoms with Gasteiger partial charge in [-0.05, 0) is 105 Å². The van der Waals surface area contributed by atoms with Gasteiger partial charge in [-0.25, -0.2) is 18.1 Å². The van der Waals surface area contributed by atoms with Gasteiger partial charge >= 0.3 is 0 Å². The molecule has 0 saturated heterocycles. The van der Waals surface area contributed by atoms with Crippen LogP contribution in [0.15, 0.2) is 54.9 Å². The number of fused-ring (bicyclic) bond motifs is 4. The Bertz CT molecular complexity index is 1840. The molecule has 1 aromatic heterocycles. The molecule has 3 aromatic rings. The Morgan fingerprint density at radius 1 is 1.15 bits per heavy atom. The van der Waals surface area contributed by atoms with Gasteiger partial charge in [0.25, 0.3) is 5.91 Å². The fourth-order valence-corrected chi connectivity index (χ4v) is 9.65. The summed E-state index contributed by atoms with van der Waals surface area (Å²) in [5.74, 6) is 0.0552. The van der Waals surface area contributed by atoms with Crippen LogP contribution in [0.25, 0.3) is 0 Å². The number of anilines is 1. The number of carbonyl (C=O) groups excluding carboxylic acids is 1. The van der Waals surface area contributed by atoms with E-state index in [-0.39, 0.29) is 28.7 Å². The number of amides is 1. The Labute approximate surface area is 281 Å². The molecule has 1 fully saturated rings. The molecular weight excluding hydrogens is 638 g/mol. The van der Waals surface area contributed by atoms with E-state index in [0.29, 0.717) is 42.7 Å². The molecule has 1 amide bonds. The van der Waals surface area contributed by atoms with E-state index >= 15 is 0 Å². The molecule has 6 atom stereocenters. The maximum atomic E-state index is 13.5. The highest BCUT2D eigenvalue weighted by Crippen LogP contribution is 2.50. The van der Waals surface area contributed by atoms with Crippen molar-refractivity contribution < 1.29 is 23.1 Å². The van der Waals surface area contributed by atoms with Gasteiger partial charge in [0.2, 0.25) is 10.0 Å². The second kappa shape index (κ2) is 11.9. The van der Waals surface area contributed by atoms with Crippen molar-refractivity contribution in [1.29, 1.82) is 0 Å². The highest BCUT2D eigenvalue weighted by atomic mass is 35.5. The lowest BCUT2D eigenvalue weighted by Crippen LogP contribution is -2.52.